The number of pyridine rings is 1. The van der Waals surface area contributed by atoms with Gasteiger partial charge in [-0.1, -0.05) is 91.0 Å². The number of aryl methyl sites for hydroxylation is 1. The minimum absolute atomic E-state index is 0.681. The highest BCUT2D eigenvalue weighted by atomic mass is 31.1. The van der Waals surface area contributed by atoms with Gasteiger partial charge in [0.25, 0.3) is 0 Å². The molecule has 2 heterocycles. The van der Waals surface area contributed by atoms with Crippen molar-refractivity contribution in [2.24, 2.45) is 0 Å². The third-order valence-electron chi connectivity index (χ3n) is 5.62. The van der Waals surface area contributed by atoms with Crippen LogP contribution < -0.4 is 27.0 Å². The van der Waals surface area contributed by atoms with Crippen LogP contribution in [0.15, 0.2) is 121 Å². The molecule has 0 unspecified atom stereocenters. The minimum Gasteiger partial charge on any atom is -0.306 e. The molecule has 164 valence electrons. The van der Waals surface area contributed by atoms with Crippen molar-refractivity contribution in [2.75, 3.05) is 0 Å². The van der Waals surface area contributed by atoms with Crippen LogP contribution in [0.5, 0.6) is 0 Å². The molecule has 0 spiro atoms. The molecule has 0 bridgehead atoms. The van der Waals surface area contributed by atoms with E-state index >= 15 is 0 Å². The predicted molar refractivity (Wildman–Crippen MR) is 138 cm³/mol. The summed E-state index contributed by atoms with van der Waals surface area (Å²) in [6.45, 7) is 0.829. The molecule has 0 amide bonds. The highest BCUT2D eigenvalue weighted by molar-refractivity contribution is 7.79. The lowest BCUT2D eigenvalue weighted by Gasteiger charge is -2.18. The standard InChI is InChI=1S/C28H27N4P/c1-4-10-24(11-5-1)21-32-22-25(30-31-32)17-16-23-18-19-29-28(20-23)33(26-12-6-2-7-13-26)27-14-8-3-9-15-27/h1-15,18-20,22,30-31H,16-17,21H2. The van der Waals surface area contributed by atoms with E-state index in [1.54, 1.807) is 0 Å². The lowest BCUT2D eigenvalue weighted by Crippen LogP contribution is -2.35. The van der Waals surface area contributed by atoms with Gasteiger partial charge in [0.2, 0.25) is 0 Å². The molecule has 1 aliphatic heterocycles. The summed E-state index contributed by atoms with van der Waals surface area (Å²) in [4.78, 5) is 4.81. The predicted octanol–water partition coefficient (Wildman–Crippen LogP) is 4.14. The van der Waals surface area contributed by atoms with Crippen molar-refractivity contribution < 1.29 is 0 Å². The summed E-state index contributed by atoms with van der Waals surface area (Å²) in [6.07, 6.45) is 6.02. The highest BCUT2D eigenvalue weighted by Crippen LogP contribution is 2.32. The van der Waals surface area contributed by atoms with Crippen molar-refractivity contribution in [2.45, 2.75) is 19.4 Å². The van der Waals surface area contributed by atoms with E-state index in [-0.39, 0.29) is 0 Å². The second kappa shape index (κ2) is 10.4. The quantitative estimate of drug-likeness (QED) is 0.396. The third kappa shape index (κ3) is 5.48. The maximum Gasteiger partial charge on any atom is 0.0723 e. The first-order valence-corrected chi connectivity index (χ1v) is 12.6. The summed E-state index contributed by atoms with van der Waals surface area (Å²) in [6, 6.07) is 36.4. The largest absolute Gasteiger partial charge is 0.306 e. The summed E-state index contributed by atoms with van der Waals surface area (Å²) in [7, 11) is -0.681. The molecule has 33 heavy (non-hydrogen) atoms. The fourth-order valence-electron chi connectivity index (χ4n) is 3.97. The van der Waals surface area contributed by atoms with Gasteiger partial charge in [0.05, 0.1) is 12.0 Å². The van der Waals surface area contributed by atoms with Crippen LogP contribution in [0.1, 0.15) is 17.5 Å². The SMILES string of the molecule is C1=C(CCc2ccnc(P(c3ccccc3)c3ccccc3)c2)NNN1Cc1ccccc1. The summed E-state index contributed by atoms with van der Waals surface area (Å²) >= 11 is 0. The number of nitrogens with one attached hydrogen (secondary N) is 2. The first-order chi connectivity index (χ1) is 16.3. The van der Waals surface area contributed by atoms with Crippen molar-refractivity contribution >= 4 is 24.0 Å². The number of hydrazine groups is 2. The molecule has 0 aliphatic carbocycles. The Bertz CT molecular complexity index is 1160. The summed E-state index contributed by atoms with van der Waals surface area (Å²) in [5.74, 6) is 0. The van der Waals surface area contributed by atoms with Gasteiger partial charge in [0, 0.05) is 26.0 Å². The van der Waals surface area contributed by atoms with Crippen molar-refractivity contribution in [3.8, 4) is 0 Å². The number of hydrogen-bond acceptors (Lipinski definition) is 4. The van der Waals surface area contributed by atoms with Gasteiger partial charge in [-0.2, -0.15) is 0 Å². The number of nitrogens with zero attached hydrogens (tertiary/aromatic N) is 2. The number of hydrogen-bond donors (Lipinski definition) is 2. The Morgan fingerprint density at radius 1 is 0.697 bits per heavy atom. The monoisotopic (exact) mass is 450 g/mol. The van der Waals surface area contributed by atoms with E-state index in [2.05, 4.69) is 119 Å². The van der Waals surface area contributed by atoms with Crippen LogP contribution in [0.25, 0.3) is 0 Å². The topological polar surface area (TPSA) is 40.2 Å². The molecular formula is C28H27N4P. The fourth-order valence-corrected chi connectivity index (χ4v) is 6.22. The van der Waals surface area contributed by atoms with Gasteiger partial charge in [-0.05, 0) is 46.7 Å². The summed E-state index contributed by atoms with van der Waals surface area (Å²) in [5.41, 5.74) is 11.5. The normalized spacial score (nSPS) is 13.1. The maximum absolute atomic E-state index is 4.81. The number of rotatable bonds is 8. The van der Waals surface area contributed by atoms with Gasteiger partial charge in [-0.3, -0.25) is 9.99 Å². The minimum atomic E-state index is -0.681. The van der Waals surface area contributed by atoms with Crippen LogP contribution in [0, 0.1) is 0 Å². The zero-order chi connectivity index (χ0) is 22.3. The van der Waals surface area contributed by atoms with Gasteiger partial charge >= 0.3 is 0 Å². The van der Waals surface area contributed by atoms with E-state index in [1.165, 1.54) is 27.4 Å². The Balaban J connectivity index is 1.30. The van der Waals surface area contributed by atoms with Crippen LogP contribution >= 0.6 is 7.92 Å². The second-order valence-corrected chi connectivity index (χ2v) is 10.2. The molecule has 0 fully saturated rings. The zero-order valence-corrected chi connectivity index (χ0v) is 19.3. The average Bonchev–Trinajstić information content (AvgIpc) is 3.32. The number of aromatic nitrogens is 1. The fraction of sp³-hybridized carbons (Fsp3) is 0.107. The van der Waals surface area contributed by atoms with E-state index < -0.39 is 7.92 Å². The average molecular weight is 451 g/mol. The first kappa shape index (κ1) is 21.4. The highest BCUT2D eigenvalue weighted by Gasteiger charge is 2.18. The third-order valence-corrected chi connectivity index (χ3v) is 7.95. The Kier molecular flexibility index (Phi) is 6.77. The van der Waals surface area contributed by atoms with Crippen LogP contribution in [-0.2, 0) is 13.0 Å². The van der Waals surface area contributed by atoms with Gasteiger partial charge in [-0.25, -0.2) is 0 Å². The Hall–Kier alpha value is -3.46. The molecule has 0 saturated carbocycles. The van der Waals surface area contributed by atoms with E-state index in [9.17, 15) is 0 Å². The molecule has 1 aliphatic rings. The maximum atomic E-state index is 4.81. The zero-order valence-electron chi connectivity index (χ0n) is 18.4. The van der Waals surface area contributed by atoms with Gasteiger partial charge in [0.1, 0.15) is 0 Å². The van der Waals surface area contributed by atoms with Crippen molar-refractivity contribution in [1.29, 1.82) is 0 Å². The molecule has 0 radical (unpaired) electrons. The van der Waals surface area contributed by atoms with Crippen molar-refractivity contribution in [1.82, 2.24) is 21.0 Å². The molecule has 1 aromatic heterocycles. The van der Waals surface area contributed by atoms with E-state index in [4.69, 9.17) is 4.98 Å². The molecule has 3 aromatic carbocycles. The lowest BCUT2D eigenvalue weighted by atomic mass is 10.1. The molecule has 5 rings (SSSR count). The van der Waals surface area contributed by atoms with E-state index in [1.807, 2.05) is 12.3 Å². The molecule has 0 saturated heterocycles. The van der Waals surface area contributed by atoms with Gasteiger partial charge in [0.15, 0.2) is 0 Å². The van der Waals surface area contributed by atoms with Crippen LogP contribution in [0.3, 0.4) is 0 Å². The Morgan fingerprint density at radius 2 is 1.33 bits per heavy atom. The van der Waals surface area contributed by atoms with Gasteiger partial charge in [-0.15, -0.1) is 5.53 Å². The number of benzene rings is 3. The van der Waals surface area contributed by atoms with Crippen molar-refractivity contribution in [3.05, 3.63) is 132 Å². The number of allylic oxidation sites excluding steroid dienone is 1. The smallest absolute Gasteiger partial charge is 0.0723 e. The Labute approximate surface area is 196 Å². The molecule has 0 atom stereocenters. The molecular weight excluding hydrogens is 423 g/mol. The second-order valence-electron chi connectivity index (χ2n) is 8.03. The summed E-state index contributed by atoms with van der Waals surface area (Å²) < 4.78 is 0. The van der Waals surface area contributed by atoms with Gasteiger partial charge < -0.3 is 5.43 Å². The summed E-state index contributed by atoms with van der Waals surface area (Å²) in [5, 5.41) is 4.74. The molecule has 4 aromatic rings. The molecule has 2 N–H and O–H groups in total. The van der Waals surface area contributed by atoms with Crippen LogP contribution in [0.4, 0.5) is 0 Å². The van der Waals surface area contributed by atoms with Crippen LogP contribution in [-0.4, -0.2) is 9.99 Å². The van der Waals surface area contributed by atoms with E-state index in [0.29, 0.717) is 0 Å². The van der Waals surface area contributed by atoms with Crippen LogP contribution in [0.2, 0.25) is 0 Å². The Morgan fingerprint density at radius 3 is 2.00 bits per heavy atom. The molecule has 4 nitrogen and oxygen atoms in total. The first-order valence-electron chi connectivity index (χ1n) is 11.2. The molecule has 5 heteroatoms. The van der Waals surface area contributed by atoms with Crippen molar-refractivity contribution in [3.63, 3.8) is 0 Å². The van der Waals surface area contributed by atoms with E-state index in [0.717, 1.165) is 24.8 Å². The lowest BCUT2D eigenvalue weighted by molar-refractivity contribution is 0.262.